The number of nitrogens with one attached hydrogen (secondary N) is 1. The van der Waals surface area contributed by atoms with Crippen molar-refractivity contribution in [1.29, 1.82) is 0 Å². The van der Waals surface area contributed by atoms with Crippen molar-refractivity contribution in [2.45, 2.75) is 12.8 Å². The van der Waals surface area contributed by atoms with Gasteiger partial charge in [-0.05, 0) is 42.0 Å². The van der Waals surface area contributed by atoms with Crippen LogP contribution in [0.25, 0.3) is 0 Å². The molecule has 0 radical (unpaired) electrons. The first kappa shape index (κ1) is 19.2. The van der Waals surface area contributed by atoms with E-state index in [4.69, 9.17) is 4.74 Å². The van der Waals surface area contributed by atoms with Crippen LogP contribution in [0.1, 0.15) is 5.56 Å². The second kappa shape index (κ2) is 8.32. The number of anilines is 1. The molecule has 5 nitrogen and oxygen atoms in total. The Morgan fingerprint density at radius 3 is 2.35 bits per heavy atom. The zero-order valence-electron chi connectivity index (χ0n) is 13.2. The Balaban J connectivity index is 1.78. The Morgan fingerprint density at radius 1 is 1.04 bits per heavy atom. The molecule has 138 valence electrons. The van der Waals surface area contributed by atoms with Crippen molar-refractivity contribution >= 4 is 17.6 Å². The number of hydrogen-bond acceptors (Lipinski definition) is 4. The van der Waals surface area contributed by atoms with Crippen molar-refractivity contribution in [3.8, 4) is 5.75 Å². The highest BCUT2D eigenvalue weighted by atomic mass is 19.4. The fourth-order valence-corrected chi connectivity index (χ4v) is 1.95. The van der Waals surface area contributed by atoms with Crippen molar-refractivity contribution in [2.75, 3.05) is 11.9 Å². The van der Waals surface area contributed by atoms with Crippen LogP contribution >= 0.6 is 0 Å². The van der Waals surface area contributed by atoms with Crippen molar-refractivity contribution in [1.82, 2.24) is 0 Å². The molecule has 1 amide bonds. The molecule has 9 heteroatoms. The molecule has 0 saturated carbocycles. The summed E-state index contributed by atoms with van der Waals surface area (Å²) in [5.41, 5.74) is 0.598. The smallest absolute Gasteiger partial charge is 0.455 e. The topological polar surface area (TPSA) is 64.6 Å². The molecule has 0 saturated heterocycles. The van der Waals surface area contributed by atoms with Crippen LogP contribution in [0.15, 0.2) is 48.5 Å². The molecule has 0 atom stereocenters. The van der Waals surface area contributed by atoms with E-state index in [1.165, 1.54) is 36.4 Å². The van der Waals surface area contributed by atoms with Gasteiger partial charge in [-0.15, -0.1) is 13.2 Å². The summed E-state index contributed by atoms with van der Waals surface area (Å²) in [5, 5.41) is 2.35. The lowest BCUT2D eigenvalue weighted by Crippen LogP contribution is -2.21. The minimum Gasteiger partial charge on any atom is -0.455 e. The number of benzene rings is 2. The lowest BCUT2D eigenvalue weighted by Gasteiger charge is -2.10. The third-order valence-electron chi connectivity index (χ3n) is 2.97. The zero-order chi connectivity index (χ0) is 19.2. The van der Waals surface area contributed by atoms with E-state index in [-0.39, 0.29) is 12.1 Å². The normalized spacial score (nSPS) is 10.9. The Hall–Kier alpha value is -3.10. The molecule has 2 aromatic rings. The van der Waals surface area contributed by atoms with Crippen LogP contribution in [-0.2, 0) is 20.7 Å². The van der Waals surface area contributed by atoms with Crippen LogP contribution in [0.5, 0.6) is 5.75 Å². The molecule has 2 aromatic carbocycles. The molecule has 0 aliphatic rings. The van der Waals surface area contributed by atoms with E-state index in [9.17, 15) is 27.2 Å². The van der Waals surface area contributed by atoms with E-state index in [1.54, 1.807) is 0 Å². The summed E-state index contributed by atoms with van der Waals surface area (Å²) in [5.74, 6) is -2.33. The molecule has 0 heterocycles. The molecular weight excluding hydrogens is 358 g/mol. The van der Waals surface area contributed by atoms with E-state index >= 15 is 0 Å². The van der Waals surface area contributed by atoms with Gasteiger partial charge in [0.15, 0.2) is 6.61 Å². The van der Waals surface area contributed by atoms with Crippen molar-refractivity contribution < 1.29 is 36.6 Å². The number of alkyl halides is 3. The van der Waals surface area contributed by atoms with Gasteiger partial charge in [-0.1, -0.05) is 12.1 Å². The highest BCUT2D eigenvalue weighted by Gasteiger charge is 2.30. The van der Waals surface area contributed by atoms with Crippen molar-refractivity contribution in [3.05, 3.63) is 59.9 Å². The van der Waals surface area contributed by atoms with Crippen LogP contribution in [-0.4, -0.2) is 24.8 Å². The molecular formula is C17H13F4NO4. The van der Waals surface area contributed by atoms with Crippen LogP contribution in [0.3, 0.4) is 0 Å². The number of rotatable bonds is 6. The number of carbonyl (C=O) groups excluding carboxylic acids is 2. The molecule has 0 aliphatic carbocycles. The monoisotopic (exact) mass is 371 g/mol. The first-order valence-corrected chi connectivity index (χ1v) is 7.27. The summed E-state index contributed by atoms with van der Waals surface area (Å²) >= 11 is 0. The van der Waals surface area contributed by atoms with Crippen LogP contribution in [0.4, 0.5) is 23.2 Å². The van der Waals surface area contributed by atoms with E-state index in [1.807, 2.05) is 0 Å². The number of hydrogen-bond donors (Lipinski definition) is 1. The molecule has 0 spiro atoms. The largest absolute Gasteiger partial charge is 0.573 e. The standard InChI is InChI=1S/C17H13F4NO4/c18-12-3-1-2-11(8-12)9-16(24)25-10-15(23)22-13-4-6-14(7-5-13)26-17(19,20)21/h1-8H,9-10H2,(H,22,23). The van der Waals surface area contributed by atoms with Gasteiger partial charge in [0.2, 0.25) is 0 Å². The van der Waals surface area contributed by atoms with Gasteiger partial charge < -0.3 is 14.8 Å². The maximum atomic E-state index is 13.0. The van der Waals surface area contributed by atoms with Gasteiger partial charge in [-0.25, -0.2) is 4.39 Å². The van der Waals surface area contributed by atoms with Crippen LogP contribution in [0.2, 0.25) is 0 Å². The van der Waals surface area contributed by atoms with E-state index in [2.05, 4.69) is 10.1 Å². The second-order valence-electron chi connectivity index (χ2n) is 5.09. The van der Waals surface area contributed by atoms with Gasteiger partial charge in [-0.2, -0.15) is 0 Å². The minimum atomic E-state index is -4.80. The van der Waals surface area contributed by atoms with Crippen molar-refractivity contribution in [3.63, 3.8) is 0 Å². The Morgan fingerprint density at radius 2 is 1.73 bits per heavy atom. The number of carbonyl (C=O) groups is 2. The molecule has 0 aromatic heterocycles. The third kappa shape index (κ3) is 6.80. The maximum Gasteiger partial charge on any atom is 0.573 e. The van der Waals surface area contributed by atoms with Crippen molar-refractivity contribution in [2.24, 2.45) is 0 Å². The highest BCUT2D eigenvalue weighted by molar-refractivity contribution is 5.92. The summed E-state index contributed by atoms with van der Waals surface area (Å²) in [6, 6.07) is 9.84. The summed E-state index contributed by atoms with van der Waals surface area (Å²) in [6.45, 7) is -0.588. The fourth-order valence-electron chi connectivity index (χ4n) is 1.95. The molecule has 1 N–H and O–H groups in total. The van der Waals surface area contributed by atoms with Gasteiger partial charge >= 0.3 is 12.3 Å². The van der Waals surface area contributed by atoms with Gasteiger partial charge in [0.1, 0.15) is 11.6 Å². The predicted octanol–water partition coefficient (Wildman–Crippen LogP) is 3.45. The Labute approximate surface area is 145 Å². The predicted molar refractivity (Wildman–Crippen MR) is 82.8 cm³/mol. The third-order valence-corrected chi connectivity index (χ3v) is 2.97. The average Bonchev–Trinajstić information content (AvgIpc) is 2.53. The van der Waals surface area contributed by atoms with Gasteiger partial charge in [0.25, 0.3) is 5.91 Å². The first-order valence-electron chi connectivity index (χ1n) is 7.27. The van der Waals surface area contributed by atoms with E-state index in [0.717, 1.165) is 12.1 Å². The molecule has 0 bridgehead atoms. The van der Waals surface area contributed by atoms with Crippen LogP contribution < -0.4 is 10.1 Å². The van der Waals surface area contributed by atoms with Gasteiger partial charge in [0, 0.05) is 5.69 Å². The summed E-state index contributed by atoms with van der Waals surface area (Å²) in [6.07, 6.45) is -5.00. The summed E-state index contributed by atoms with van der Waals surface area (Å²) in [7, 11) is 0. The fraction of sp³-hybridized carbons (Fsp3) is 0.176. The lowest BCUT2D eigenvalue weighted by atomic mass is 10.1. The number of ether oxygens (including phenoxy) is 2. The van der Waals surface area contributed by atoms with Gasteiger partial charge in [0.05, 0.1) is 6.42 Å². The molecule has 0 unspecified atom stereocenters. The van der Waals surface area contributed by atoms with Gasteiger partial charge in [-0.3, -0.25) is 9.59 Å². The average molecular weight is 371 g/mol. The minimum absolute atomic E-state index is 0.200. The summed E-state index contributed by atoms with van der Waals surface area (Å²) in [4.78, 5) is 23.3. The Bertz CT molecular complexity index is 775. The number of esters is 1. The highest BCUT2D eigenvalue weighted by Crippen LogP contribution is 2.23. The van der Waals surface area contributed by atoms with Crippen LogP contribution in [0, 0.1) is 5.82 Å². The first-order chi connectivity index (χ1) is 12.2. The number of amides is 1. The zero-order valence-corrected chi connectivity index (χ0v) is 13.2. The van der Waals surface area contributed by atoms with E-state index in [0.29, 0.717) is 5.56 Å². The van der Waals surface area contributed by atoms with E-state index < -0.39 is 36.4 Å². The molecule has 2 rings (SSSR count). The second-order valence-corrected chi connectivity index (χ2v) is 5.09. The molecule has 26 heavy (non-hydrogen) atoms. The molecule has 0 aliphatic heterocycles. The summed E-state index contributed by atoms with van der Waals surface area (Å²) < 4.78 is 57.6. The Kier molecular flexibility index (Phi) is 6.16. The number of halogens is 4. The lowest BCUT2D eigenvalue weighted by molar-refractivity contribution is -0.274. The SMILES string of the molecule is O=C(COC(=O)Cc1cccc(F)c1)Nc1ccc(OC(F)(F)F)cc1. The quantitative estimate of drug-likeness (QED) is 0.624. The maximum absolute atomic E-state index is 13.0. The molecule has 0 fully saturated rings.